The Kier molecular flexibility index (Phi) is 7.28. The molecule has 4 aliphatic rings. The standard InChI is InChI=1S/C30H34Cl2FN5O4/c1-28(2)8-10-29(11-9-28)30(18-5-3-15(31)13-19(18)37-27(30)41)21(17-7-12-35-24(32)22(17)33)23(38-29)26(40)36-16-4-6-20(25(34)39)42-14-16/h3,5,7,12-13,16,20-21,23,38H,4,6,8-11,14H2,1-2H3,(H2,34,39)(H,36,40)(H,37,41)/t16?,20-,21-,23+,30+/m0/s1. The van der Waals surface area contributed by atoms with E-state index in [0.717, 1.165) is 12.8 Å². The van der Waals surface area contributed by atoms with E-state index in [9.17, 15) is 14.4 Å². The van der Waals surface area contributed by atoms with Gasteiger partial charge in [0, 0.05) is 28.4 Å². The maximum atomic E-state index is 16.0. The number of hydrogen-bond acceptors (Lipinski definition) is 6. The number of carbonyl (C=O) groups excluding carboxylic acids is 3. The van der Waals surface area contributed by atoms with Crippen LogP contribution in [0.1, 0.15) is 69.4 Å². The van der Waals surface area contributed by atoms with Crippen LogP contribution >= 0.6 is 23.2 Å². The summed E-state index contributed by atoms with van der Waals surface area (Å²) in [7, 11) is 0. The van der Waals surface area contributed by atoms with Crippen molar-refractivity contribution in [3.8, 4) is 0 Å². The average molecular weight is 619 g/mol. The van der Waals surface area contributed by atoms with Gasteiger partial charge in [-0.3, -0.25) is 19.7 Å². The van der Waals surface area contributed by atoms with Gasteiger partial charge in [-0.25, -0.2) is 9.37 Å². The molecule has 1 saturated carbocycles. The van der Waals surface area contributed by atoms with E-state index in [-0.39, 0.29) is 34.7 Å². The Labute approximate surface area is 253 Å². The number of hydrogen-bond donors (Lipinski definition) is 4. The first-order chi connectivity index (χ1) is 19.9. The molecule has 5 atom stereocenters. The number of fused-ring (bicyclic) bond motifs is 3. The number of amides is 3. The van der Waals surface area contributed by atoms with Crippen molar-refractivity contribution in [3.05, 3.63) is 57.6 Å². The van der Waals surface area contributed by atoms with Gasteiger partial charge >= 0.3 is 0 Å². The van der Waals surface area contributed by atoms with Crippen LogP contribution in [0.3, 0.4) is 0 Å². The predicted molar refractivity (Wildman–Crippen MR) is 156 cm³/mol. The maximum absolute atomic E-state index is 16.0. The second kappa shape index (κ2) is 10.4. The first-order valence-corrected chi connectivity index (χ1v) is 15.0. The topological polar surface area (TPSA) is 135 Å². The van der Waals surface area contributed by atoms with Crippen molar-refractivity contribution in [3.63, 3.8) is 0 Å². The molecule has 224 valence electrons. The van der Waals surface area contributed by atoms with E-state index in [4.69, 9.17) is 33.7 Å². The third-order valence-electron chi connectivity index (χ3n) is 9.89. The lowest BCUT2D eigenvalue weighted by Gasteiger charge is -2.50. The third-order valence-corrected chi connectivity index (χ3v) is 10.4. The molecule has 3 amide bonds. The molecule has 3 fully saturated rings. The van der Waals surface area contributed by atoms with Gasteiger partial charge in [0.25, 0.3) is 0 Å². The van der Waals surface area contributed by atoms with Crippen LogP contribution in [0.15, 0.2) is 30.5 Å². The van der Waals surface area contributed by atoms with E-state index >= 15 is 4.39 Å². The molecule has 1 aromatic carbocycles. The predicted octanol–water partition coefficient (Wildman–Crippen LogP) is 3.96. The molecular formula is C30H34Cl2FN5O4. The van der Waals surface area contributed by atoms with E-state index in [1.54, 1.807) is 12.1 Å². The minimum absolute atomic E-state index is 0.0312. The minimum Gasteiger partial charge on any atom is -0.367 e. The summed E-state index contributed by atoms with van der Waals surface area (Å²) in [4.78, 5) is 44.2. The number of nitrogens with two attached hydrogens (primary N) is 1. The Morgan fingerprint density at radius 1 is 1.14 bits per heavy atom. The molecule has 0 radical (unpaired) electrons. The Hall–Kier alpha value is -2.79. The van der Waals surface area contributed by atoms with Crippen molar-refractivity contribution in [2.24, 2.45) is 11.1 Å². The molecule has 1 unspecified atom stereocenters. The van der Waals surface area contributed by atoms with E-state index < -0.39 is 46.6 Å². The molecule has 2 saturated heterocycles. The number of ether oxygens (including phenoxy) is 1. The molecule has 2 aromatic rings. The van der Waals surface area contributed by atoms with Gasteiger partial charge in [-0.2, -0.15) is 0 Å². The number of carbonyl (C=O) groups is 3. The van der Waals surface area contributed by atoms with Gasteiger partial charge in [0.05, 0.1) is 18.7 Å². The zero-order chi connectivity index (χ0) is 30.0. The average Bonchev–Trinajstić information content (AvgIpc) is 3.40. The quantitative estimate of drug-likeness (QED) is 0.384. The van der Waals surface area contributed by atoms with Crippen molar-refractivity contribution in [1.29, 1.82) is 0 Å². The van der Waals surface area contributed by atoms with Gasteiger partial charge < -0.3 is 21.1 Å². The fourth-order valence-corrected chi connectivity index (χ4v) is 8.05. The van der Waals surface area contributed by atoms with Crippen LogP contribution in [0.2, 0.25) is 10.2 Å². The van der Waals surface area contributed by atoms with Gasteiger partial charge in [0.2, 0.25) is 17.7 Å². The molecule has 3 aliphatic heterocycles. The van der Waals surface area contributed by atoms with Crippen LogP contribution in [0.25, 0.3) is 0 Å². The van der Waals surface area contributed by atoms with E-state index in [1.165, 1.54) is 12.3 Å². The van der Waals surface area contributed by atoms with E-state index in [1.807, 2.05) is 6.07 Å². The van der Waals surface area contributed by atoms with Crippen LogP contribution in [-0.4, -0.2) is 53.0 Å². The number of nitrogens with zero attached hydrogens (tertiary/aromatic N) is 1. The van der Waals surface area contributed by atoms with Crippen LogP contribution in [0.5, 0.6) is 0 Å². The lowest BCUT2D eigenvalue weighted by Crippen LogP contribution is -2.61. The summed E-state index contributed by atoms with van der Waals surface area (Å²) >= 11 is 12.5. The lowest BCUT2D eigenvalue weighted by atomic mass is 9.53. The second-order valence-electron chi connectivity index (χ2n) is 12.8. The fraction of sp³-hybridized carbons (Fsp3) is 0.533. The number of aromatic nitrogens is 1. The van der Waals surface area contributed by atoms with Gasteiger partial charge in [0.15, 0.2) is 11.0 Å². The minimum atomic E-state index is -1.35. The smallest absolute Gasteiger partial charge is 0.246 e. The highest BCUT2D eigenvalue weighted by Crippen LogP contribution is 2.64. The molecular weight excluding hydrogens is 584 g/mol. The molecule has 6 rings (SSSR count). The second-order valence-corrected chi connectivity index (χ2v) is 13.6. The Bertz CT molecular complexity index is 1450. The number of rotatable bonds is 4. The number of nitrogens with one attached hydrogen (secondary N) is 3. The molecule has 9 nitrogen and oxygen atoms in total. The Balaban J connectivity index is 1.49. The summed E-state index contributed by atoms with van der Waals surface area (Å²) in [5, 5.41) is 9.81. The monoisotopic (exact) mass is 617 g/mol. The highest BCUT2D eigenvalue weighted by Gasteiger charge is 2.73. The Morgan fingerprint density at radius 3 is 2.55 bits per heavy atom. The summed E-state index contributed by atoms with van der Waals surface area (Å²) < 4.78 is 21.6. The van der Waals surface area contributed by atoms with E-state index in [2.05, 4.69) is 34.8 Å². The van der Waals surface area contributed by atoms with Gasteiger partial charge in [-0.15, -0.1) is 0 Å². The third kappa shape index (κ3) is 4.49. The molecule has 5 N–H and O–H groups in total. The first kappa shape index (κ1) is 29.3. The normalized spacial score (nSPS) is 31.1. The fourth-order valence-electron chi connectivity index (χ4n) is 7.71. The maximum Gasteiger partial charge on any atom is 0.246 e. The van der Waals surface area contributed by atoms with E-state index in [0.29, 0.717) is 42.0 Å². The molecule has 1 aliphatic carbocycles. The summed E-state index contributed by atoms with van der Waals surface area (Å²) in [6, 6.07) is 5.34. The molecule has 12 heteroatoms. The van der Waals surface area contributed by atoms with Crippen molar-refractivity contribution >= 4 is 46.6 Å². The number of benzene rings is 1. The zero-order valence-corrected chi connectivity index (χ0v) is 24.9. The molecule has 42 heavy (non-hydrogen) atoms. The molecule has 1 aromatic heterocycles. The zero-order valence-electron chi connectivity index (χ0n) is 23.4. The SMILES string of the molecule is CC1(C)CCC2(CC1)N[C@@H](C(=O)NC1CC[C@@H](C(N)=O)OC1)[C@H](c1ccnc(Cl)c1F)[C@]21C(=O)Nc2cc(Cl)ccc21. The van der Waals surface area contributed by atoms with Crippen LogP contribution in [-0.2, 0) is 24.5 Å². The molecule has 2 spiro atoms. The van der Waals surface area contributed by atoms with Crippen LogP contribution in [0, 0.1) is 11.2 Å². The van der Waals surface area contributed by atoms with Gasteiger partial charge in [-0.1, -0.05) is 43.1 Å². The Morgan fingerprint density at radius 2 is 1.88 bits per heavy atom. The number of halogens is 3. The summed E-state index contributed by atoms with van der Waals surface area (Å²) in [6.07, 6.45) is 4.31. The van der Waals surface area contributed by atoms with Gasteiger partial charge in [0.1, 0.15) is 11.5 Å². The summed E-state index contributed by atoms with van der Waals surface area (Å²) in [6.45, 7) is 4.49. The summed E-state index contributed by atoms with van der Waals surface area (Å²) in [5.74, 6) is -2.99. The number of pyridine rings is 1. The van der Waals surface area contributed by atoms with Crippen LogP contribution in [0.4, 0.5) is 10.1 Å². The summed E-state index contributed by atoms with van der Waals surface area (Å²) in [5.41, 5.74) is 4.54. The molecule has 4 heterocycles. The highest BCUT2D eigenvalue weighted by molar-refractivity contribution is 6.31. The van der Waals surface area contributed by atoms with Crippen molar-refractivity contribution in [2.45, 2.75) is 87.4 Å². The van der Waals surface area contributed by atoms with Crippen molar-refractivity contribution in [2.75, 3.05) is 11.9 Å². The molecule has 0 bridgehead atoms. The van der Waals surface area contributed by atoms with Crippen molar-refractivity contribution < 1.29 is 23.5 Å². The van der Waals surface area contributed by atoms with Crippen LogP contribution < -0.4 is 21.7 Å². The first-order valence-electron chi connectivity index (χ1n) is 14.3. The number of anilines is 1. The largest absolute Gasteiger partial charge is 0.367 e. The lowest BCUT2D eigenvalue weighted by molar-refractivity contribution is -0.134. The highest BCUT2D eigenvalue weighted by atomic mass is 35.5. The number of primary amides is 1. The van der Waals surface area contributed by atoms with Gasteiger partial charge in [-0.05, 0) is 73.3 Å². The van der Waals surface area contributed by atoms with Crippen molar-refractivity contribution in [1.82, 2.24) is 15.6 Å².